The van der Waals surface area contributed by atoms with E-state index in [-0.39, 0.29) is 17.7 Å². The highest BCUT2D eigenvalue weighted by molar-refractivity contribution is 6.16. The maximum atomic E-state index is 12.0. The summed E-state index contributed by atoms with van der Waals surface area (Å²) in [4.78, 5) is 12.0. The van der Waals surface area contributed by atoms with E-state index in [1.807, 2.05) is 31.2 Å². The third-order valence-corrected chi connectivity index (χ3v) is 3.95. The number of amides is 1. The largest absolute Gasteiger partial charge is 0.385 e. The summed E-state index contributed by atoms with van der Waals surface area (Å²) in [5.41, 5.74) is 9.32. The van der Waals surface area contributed by atoms with Crippen LogP contribution in [0.4, 0.5) is 0 Å². The average molecular weight is 240 g/mol. The molecule has 5 heteroatoms. The molecule has 1 saturated carbocycles. The van der Waals surface area contributed by atoms with Gasteiger partial charge in [-0.25, -0.2) is 5.43 Å². The van der Waals surface area contributed by atoms with Crippen LogP contribution in [0.2, 0.25) is 0 Å². The Labute approximate surface area is 104 Å². The molecule has 1 aliphatic carbocycles. The van der Waals surface area contributed by atoms with Crippen molar-refractivity contribution < 1.29 is 4.79 Å². The molecular weight excluding hydrogens is 228 g/mol. The highest BCUT2D eigenvalue weighted by Gasteiger charge is 2.75. The van der Waals surface area contributed by atoms with E-state index in [1.54, 1.807) is 0 Å². The van der Waals surface area contributed by atoms with Crippen LogP contribution in [0.25, 0.3) is 0 Å². The van der Waals surface area contributed by atoms with Gasteiger partial charge in [-0.15, -0.1) is 0 Å². The molecule has 1 heterocycles. The van der Waals surface area contributed by atoms with Gasteiger partial charge in [0.2, 0.25) is 0 Å². The zero-order valence-electron chi connectivity index (χ0n) is 9.84. The molecule has 3 atom stereocenters. The molecule has 5 nitrogen and oxygen atoms in total. The van der Waals surface area contributed by atoms with Gasteiger partial charge in [-0.05, 0) is 18.1 Å². The molecule has 0 radical (unpaired) electrons. The molecule has 3 N–H and O–H groups in total. The van der Waals surface area contributed by atoms with Gasteiger partial charge in [0.05, 0.1) is 12.0 Å². The molecule has 0 aromatic heterocycles. The fourth-order valence-electron chi connectivity index (χ4n) is 2.94. The summed E-state index contributed by atoms with van der Waals surface area (Å²) in [6.45, 7) is 1.97. The number of nitrogens with zero attached hydrogens (tertiary/aromatic N) is 2. The molecule has 0 unspecified atom stereocenters. The van der Waals surface area contributed by atoms with E-state index in [4.69, 9.17) is 5.73 Å². The van der Waals surface area contributed by atoms with E-state index >= 15 is 0 Å². The number of hydrogen-bond donors (Lipinski definition) is 2. The molecule has 1 aromatic rings. The van der Waals surface area contributed by atoms with Crippen LogP contribution in [0.5, 0.6) is 0 Å². The van der Waals surface area contributed by atoms with Crippen LogP contribution in [0, 0.1) is 29.6 Å². The summed E-state index contributed by atoms with van der Waals surface area (Å²) in [5.74, 6) is -0.646. The standard InChI is InChI=1S/C13H12N4O/c1-7-4-2-3-5-8(7)10-9(6-14)13(10)11(15)16-17-12(13)18/h2-5,9-10H,1H3,(H2,15,16)(H,17,18)/t9-,10-,13+/m1/s1. The Hall–Kier alpha value is -2.35. The van der Waals surface area contributed by atoms with Crippen LogP contribution in [0.3, 0.4) is 0 Å². The molecule has 0 saturated heterocycles. The SMILES string of the molecule is Cc1ccccc1[C@@H]1[C@@H](C#N)[C@]12C(=O)NN=C2N. The number of nitrogens with two attached hydrogens (primary N) is 1. The van der Waals surface area contributed by atoms with Crippen molar-refractivity contribution in [2.24, 2.45) is 22.2 Å². The second-order valence-electron chi connectivity index (χ2n) is 4.75. The van der Waals surface area contributed by atoms with Gasteiger partial charge >= 0.3 is 0 Å². The molecule has 1 aliphatic heterocycles. The van der Waals surface area contributed by atoms with Crippen LogP contribution in [-0.2, 0) is 4.79 Å². The minimum atomic E-state index is -0.944. The topological polar surface area (TPSA) is 91.3 Å². The molecule has 1 spiro atoms. The third-order valence-electron chi connectivity index (χ3n) is 3.95. The first-order valence-corrected chi connectivity index (χ1v) is 5.73. The zero-order chi connectivity index (χ0) is 12.9. The predicted molar refractivity (Wildman–Crippen MR) is 65.2 cm³/mol. The second-order valence-corrected chi connectivity index (χ2v) is 4.75. The van der Waals surface area contributed by atoms with E-state index in [0.717, 1.165) is 11.1 Å². The highest BCUT2D eigenvalue weighted by atomic mass is 16.2. The second kappa shape index (κ2) is 3.33. The molecule has 1 amide bonds. The van der Waals surface area contributed by atoms with Crippen molar-refractivity contribution in [1.29, 1.82) is 5.26 Å². The van der Waals surface area contributed by atoms with Crippen molar-refractivity contribution in [3.05, 3.63) is 35.4 Å². The number of hydrogen-bond acceptors (Lipinski definition) is 4. The molecular formula is C13H12N4O. The summed E-state index contributed by atoms with van der Waals surface area (Å²) in [7, 11) is 0. The number of carbonyl (C=O) groups excluding carboxylic acids is 1. The Morgan fingerprint density at radius 2 is 2.22 bits per heavy atom. The Kier molecular flexibility index (Phi) is 1.99. The maximum absolute atomic E-state index is 12.0. The lowest BCUT2D eigenvalue weighted by Gasteiger charge is -2.08. The lowest BCUT2D eigenvalue weighted by Crippen LogP contribution is -2.32. The minimum Gasteiger partial charge on any atom is -0.385 e. The highest BCUT2D eigenvalue weighted by Crippen LogP contribution is 2.66. The number of benzene rings is 1. The van der Waals surface area contributed by atoms with E-state index < -0.39 is 11.3 Å². The van der Waals surface area contributed by atoms with Crippen LogP contribution < -0.4 is 11.2 Å². The summed E-state index contributed by atoms with van der Waals surface area (Å²) >= 11 is 0. The molecule has 1 aromatic carbocycles. The van der Waals surface area contributed by atoms with Gasteiger partial charge in [-0.3, -0.25) is 4.79 Å². The minimum absolute atomic E-state index is 0.185. The van der Waals surface area contributed by atoms with E-state index in [1.165, 1.54) is 0 Å². The zero-order valence-corrected chi connectivity index (χ0v) is 9.84. The van der Waals surface area contributed by atoms with E-state index in [9.17, 15) is 10.1 Å². The molecule has 2 aliphatic rings. The van der Waals surface area contributed by atoms with Gasteiger partial charge in [0.1, 0.15) is 11.3 Å². The maximum Gasteiger partial charge on any atom is 0.256 e. The number of amidine groups is 1. The normalized spacial score (nSPS) is 32.9. The summed E-state index contributed by atoms with van der Waals surface area (Å²) in [6.07, 6.45) is 0. The Morgan fingerprint density at radius 1 is 1.50 bits per heavy atom. The molecule has 90 valence electrons. The van der Waals surface area contributed by atoms with Crippen molar-refractivity contribution in [3.63, 3.8) is 0 Å². The number of carbonyl (C=O) groups is 1. The molecule has 1 fully saturated rings. The Bertz CT molecular complexity index is 616. The van der Waals surface area contributed by atoms with Gasteiger partial charge < -0.3 is 5.73 Å². The average Bonchev–Trinajstić information content (AvgIpc) is 2.97. The van der Waals surface area contributed by atoms with Gasteiger partial charge in [-0.1, -0.05) is 24.3 Å². The van der Waals surface area contributed by atoms with Gasteiger partial charge in [0, 0.05) is 5.92 Å². The van der Waals surface area contributed by atoms with Crippen LogP contribution in [-0.4, -0.2) is 11.7 Å². The van der Waals surface area contributed by atoms with Crippen molar-refractivity contribution >= 4 is 11.7 Å². The van der Waals surface area contributed by atoms with Gasteiger partial charge in [-0.2, -0.15) is 10.4 Å². The smallest absolute Gasteiger partial charge is 0.256 e. The number of rotatable bonds is 1. The number of nitrogens with one attached hydrogen (secondary N) is 1. The van der Waals surface area contributed by atoms with E-state index in [0.29, 0.717) is 0 Å². The van der Waals surface area contributed by atoms with Crippen molar-refractivity contribution in [2.45, 2.75) is 12.8 Å². The lowest BCUT2D eigenvalue weighted by molar-refractivity contribution is -0.123. The van der Waals surface area contributed by atoms with Crippen LogP contribution in [0.15, 0.2) is 29.4 Å². The van der Waals surface area contributed by atoms with Crippen LogP contribution in [0.1, 0.15) is 17.0 Å². The van der Waals surface area contributed by atoms with Gasteiger partial charge in [0.15, 0.2) is 0 Å². The van der Waals surface area contributed by atoms with Gasteiger partial charge in [0.25, 0.3) is 5.91 Å². The van der Waals surface area contributed by atoms with Crippen molar-refractivity contribution in [3.8, 4) is 6.07 Å². The summed E-state index contributed by atoms with van der Waals surface area (Å²) in [5, 5.41) is 13.0. The first-order chi connectivity index (χ1) is 8.64. The Balaban J connectivity index is 2.11. The monoisotopic (exact) mass is 240 g/mol. The van der Waals surface area contributed by atoms with E-state index in [2.05, 4.69) is 16.6 Å². The van der Waals surface area contributed by atoms with Crippen molar-refractivity contribution in [1.82, 2.24) is 5.43 Å². The number of hydrazone groups is 1. The fourth-order valence-corrected chi connectivity index (χ4v) is 2.94. The summed E-state index contributed by atoms with van der Waals surface area (Å²) < 4.78 is 0. The molecule has 0 bridgehead atoms. The Morgan fingerprint density at radius 3 is 2.78 bits per heavy atom. The third kappa shape index (κ3) is 1.05. The fraction of sp³-hybridized carbons (Fsp3) is 0.308. The number of aryl methyl sites for hydroxylation is 1. The number of nitriles is 1. The van der Waals surface area contributed by atoms with Crippen molar-refractivity contribution in [2.75, 3.05) is 0 Å². The molecule has 3 rings (SSSR count). The van der Waals surface area contributed by atoms with Crippen LogP contribution >= 0.6 is 0 Å². The summed E-state index contributed by atoms with van der Waals surface area (Å²) in [6, 6.07) is 9.94. The first kappa shape index (κ1) is 10.8. The quantitative estimate of drug-likeness (QED) is 0.753. The predicted octanol–water partition coefficient (Wildman–Crippen LogP) is 0.620. The first-order valence-electron chi connectivity index (χ1n) is 5.73. The molecule has 18 heavy (non-hydrogen) atoms. The lowest BCUT2D eigenvalue weighted by atomic mass is 9.95.